The summed E-state index contributed by atoms with van der Waals surface area (Å²) < 4.78 is 1.25. The first-order chi connectivity index (χ1) is 6.24. The normalized spacial score (nSPS) is 25.5. The highest BCUT2D eigenvalue weighted by molar-refractivity contribution is 6.32. The molecule has 0 aromatic rings. The third-order valence-corrected chi connectivity index (χ3v) is 1.77. The van der Waals surface area contributed by atoms with E-state index in [-0.39, 0.29) is 11.7 Å². The molecule has 2 aliphatic heterocycles. The van der Waals surface area contributed by atoms with Gasteiger partial charge in [-0.05, 0) is 5.22 Å². The van der Waals surface area contributed by atoms with Crippen LogP contribution >= 0.6 is 0 Å². The monoisotopic (exact) mass is 180 g/mol. The third kappa shape index (κ3) is 0.968. The Morgan fingerprint density at radius 3 is 3.15 bits per heavy atom. The van der Waals surface area contributed by atoms with Crippen molar-refractivity contribution in [2.24, 2.45) is 15.3 Å². The quantitative estimate of drug-likeness (QED) is 0.400. The molecule has 0 fully saturated rings. The second-order valence-corrected chi connectivity index (χ2v) is 2.58. The standard InChI is InChI=1S/C6H6N5O2/c1-10-6(13)11-3-7-4(2-12)5(11)8-9-10/h2-3,5H,1H3/q+1. The van der Waals surface area contributed by atoms with Gasteiger partial charge in [0.25, 0.3) is 6.17 Å². The van der Waals surface area contributed by atoms with Gasteiger partial charge < -0.3 is 0 Å². The molecular formula is C6H6N5O2+. The van der Waals surface area contributed by atoms with E-state index >= 15 is 0 Å². The number of nitrogens with zero attached hydrogens (tertiary/aromatic N) is 5. The van der Waals surface area contributed by atoms with Crippen molar-refractivity contribution in [3.8, 4) is 0 Å². The van der Waals surface area contributed by atoms with Crippen molar-refractivity contribution in [1.82, 2.24) is 5.01 Å². The summed E-state index contributed by atoms with van der Waals surface area (Å²) in [5.41, 5.74) is 0.199. The van der Waals surface area contributed by atoms with Gasteiger partial charge in [-0.3, -0.25) is 4.79 Å². The van der Waals surface area contributed by atoms with Crippen LogP contribution in [-0.4, -0.2) is 47.2 Å². The Hall–Kier alpha value is -1.92. The van der Waals surface area contributed by atoms with E-state index in [0.717, 1.165) is 5.01 Å². The number of amides is 2. The summed E-state index contributed by atoms with van der Waals surface area (Å²) in [6, 6.07) is -0.347. The molecule has 0 bridgehead atoms. The Labute approximate surface area is 73.1 Å². The Kier molecular flexibility index (Phi) is 1.51. The maximum atomic E-state index is 11.3. The highest BCUT2D eigenvalue weighted by Gasteiger charge is 2.39. The lowest BCUT2D eigenvalue weighted by Crippen LogP contribution is -2.42. The number of aldehydes is 1. The van der Waals surface area contributed by atoms with Crippen LogP contribution in [-0.2, 0) is 4.79 Å². The lowest BCUT2D eigenvalue weighted by Gasteiger charge is -2.13. The van der Waals surface area contributed by atoms with Crippen molar-refractivity contribution in [1.29, 1.82) is 0 Å². The molecule has 1 atom stereocenters. The maximum absolute atomic E-state index is 11.3. The minimum absolute atomic E-state index is 0.199. The molecule has 0 radical (unpaired) electrons. The second-order valence-electron chi connectivity index (χ2n) is 2.58. The predicted molar refractivity (Wildman–Crippen MR) is 41.6 cm³/mol. The van der Waals surface area contributed by atoms with Gasteiger partial charge in [-0.15, -0.1) is 15.1 Å². The summed E-state index contributed by atoms with van der Waals surface area (Å²) >= 11 is 0. The molecule has 66 valence electrons. The fraction of sp³-hybridized carbons (Fsp3) is 0.333. The molecule has 0 aliphatic carbocycles. The number of fused-ring (bicyclic) bond motifs is 1. The number of carbonyl (C=O) groups excluding carboxylic acids is 2. The first kappa shape index (κ1) is 7.71. The molecule has 1 unspecified atom stereocenters. The van der Waals surface area contributed by atoms with Crippen LogP contribution in [0.2, 0.25) is 0 Å². The Bertz CT molecular complexity index is 369. The zero-order valence-corrected chi connectivity index (χ0v) is 6.78. The van der Waals surface area contributed by atoms with E-state index in [4.69, 9.17) is 0 Å². The van der Waals surface area contributed by atoms with E-state index in [9.17, 15) is 9.59 Å². The van der Waals surface area contributed by atoms with Gasteiger partial charge >= 0.3 is 6.03 Å². The summed E-state index contributed by atoms with van der Waals surface area (Å²) in [6.07, 6.45) is 1.19. The number of hydrogen-bond donors (Lipinski definition) is 0. The molecule has 7 nitrogen and oxygen atoms in total. The van der Waals surface area contributed by atoms with Crippen LogP contribution in [0.1, 0.15) is 0 Å². The van der Waals surface area contributed by atoms with Crippen LogP contribution in [0, 0.1) is 0 Å². The van der Waals surface area contributed by atoms with Crippen LogP contribution in [0.4, 0.5) is 4.79 Å². The SMILES string of the molecule is CN1N=NC2C(C=O)=NC=[N+]2C1=O. The van der Waals surface area contributed by atoms with Gasteiger partial charge in [0.05, 0.1) is 7.05 Å². The number of aliphatic imine (C=N–C) groups is 1. The van der Waals surface area contributed by atoms with Gasteiger partial charge in [0.1, 0.15) is 0 Å². The first-order valence-electron chi connectivity index (χ1n) is 3.57. The van der Waals surface area contributed by atoms with Gasteiger partial charge in [0, 0.05) is 0 Å². The fourth-order valence-electron chi connectivity index (χ4n) is 1.09. The van der Waals surface area contributed by atoms with E-state index < -0.39 is 6.17 Å². The highest BCUT2D eigenvalue weighted by Crippen LogP contribution is 2.11. The molecule has 2 heterocycles. The molecule has 0 N–H and O–H groups in total. The van der Waals surface area contributed by atoms with E-state index in [2.05, 4.69) is 15.3 Å². The van der Waals surface area contributed by atoms with E-state index in [0.29, 0.717) is 6.29 Å². The zero-order valence-electron chi connectivity index (χ0n) is 6.78. The third-order valence-electron chi connectivity index (χ3n) is 1.77. The topological polar surface area (TPSA) is 77.5 Å². The van der Waals surface area contributed by atoms with Crippen molar-refractivity contribution in [3.05, 3.63) is 0 Å². The van der Waals surface area contributed by atoms with E-state index in [1.165, 1.54) is 18.0 Å². The summed E-state index contributed by atoms with van der Waals surface area (Å²) in [5, 5.41) is 8.38. The summed E-state index contributed by atoms with van der Waals surface area (Å²) in [7, 11) is 1.48. The van der Waals surface area contributed by atoms with Crippen molar-refractivity contribution in [3.63, 3.8) is 0 Å². The largest absolute Gasteiger partial charge is 0.465 e. The number of hydrogen-bond acceptors (Lipinski definition) is 5. The van der Waals surface area contributed by atoms with Crippen molar-refractivity contribution < 1.29 is 14.2 Å². The van der Waals surface area contributed by atoms with Gasteiger partial charge in [-0.1, -0.05) is 0 Å². The fourth-order valence-corrected chi connectivity index (χ4v) is 1.09. The Balaban J connectivity index is 2.39. The summed E-state index contributed by atoms with van der Waals surface area (Å²) in [5.74, 6) is 0. The molecular weight excluding hydrogens is 174 g/mol. The molecule has 13 heavy (non-hydrogen) atoms. The van der Waals surface area contributed by atoms with Crippen LogP contribution in [0.3, 0.4) is 0 Å². The predicted octanol–water partition coefficient (Wildman–Crippen LogP) is -0.561. The maximum Gasteiger partial charge on any atom is 0.465 e. The van der Waals surface area contributed by atoms with Crippen LogP contribution in [0.25, 0.3) is 0 Å². The number of rotatable bonds is 1. The van der Waals surface area contributed by atoms with E-state index in [1.54, 1.807) is 0 Å². The molecule has 0 saturated heterocycles. The van der Waals surface area contributed by atoms with Gasteiger partial charge in [0.2, 0.25) is 12.1 Å². The average Bonchev–Trinajstić information content (AvgIpc) is 2.55. The zero-order chi connectivity index (χ0) is 9.42. The molecule has 2 amide bonds. The van der Waals surface area contributed by atoms with Crippen LogP contribution in [0.15, 0.2) is 15.3 Å². The van der Waals surface area contributed by atoms with Crippen molar-refractivity contribution in [2.75, 3.05) is 7.05 Å². The molecule has 7 heteroatoms. The second kappa shape index (κ2) is 2.54. The average molecular weight is 180 g/mol. The molecule has 0 spiro atoms. The smallest absolute Gasteiger partial charge is 0.295 e. The Morgan fingerprint density at radius 2 is 2.46 bits per heavy atom. The molecule has 0 aromatic heterocycles. The van der Waals surface area contributed by atoms with Crippen LogP contribution in [0.5, 0.6) is 0 Å². The van der Waals surface area contributed by atoms with Gasteiger partial charge in [-0.2, -0.15) is 4.58 Å². The molecule has 0 saturated carbocycles. The highest BCUT2D eigenvalue weighted by atomic mass is 16.2. The first-order valence-corrected chi connectivity index (χ1v) is 3.57. The Morgan fingerprint density at radius 1 is 1.69 bits per heavy atom. The number of carbonyl (C=O) groups is 2. The molecule has 0 aromatic carbocycles. The number of urea groups is 1. The van der Waals surface area contributed by atoms with Crippen LogP contribution < -0.4 is 0 Å². The summed E-state index contributed by atoms with van der Waals surface area (Å²) in [6.45, 7) is 0. The molecule has 2 rings (SSSR count). The summed E-state index contributed by atoms with van der Waals surface area (Å²) in [4.78, 5) is 25.5. The minimum atomic E-state index is -0.666. The van der Waals surface area contributed by atoms with Gasteiger partial charge in [-0.25, -0.2) is 4.79 Å². The van der Waals surface area contributed by atoms with Crippen molar-refractivity contribution >= 4 is 24.4 Å². The van der Waals surface area contributed by atoms with Crippen molar-refractivity contribution in [2.45, 2.75) is 6.17 Å². The molecule has 2 aliphatic rings. The minimum Gasteiger partial charge on any atom is -0.295 e. The lowest BCUT2D eigenvalue weighted by molar-refractivity contribution is -0.458. The van der Waals surface area contributed by atoms with E-state index in [1.807, 2.05) is 0 Å². The van der Waals surface area contributed by atoms with Gasteiger partial charge in [0.15, 0.2) is 6.29 Å². The lowest BCUT2D eigenvalue weighted by atomic mass is 10.3.